The molecule has 0 atom stereocenters. The Bertz CT molecular complexity index is 171. The summed E-state index contributed by atoms with van der Waals surface area (Å²) in [7, 11) is 1.47. The first-order valence-corrected chi connectivity index (χ1v) is 4.81. The molecule has 0 bridgehead atoms. The molecular weight excluding hydrogens is 190 g/mol. The normalized spacial score (nSPS) is 10.7. The van der Waals surface area contributed by atoms with Crippen LogP contribution in [0.1, 0.15) is 19.8 Å². The van der Waals surface area contributed by atoms with Crippen LogP contribution < -0.4 is 0 Å². The summed E-state index contributed by atoms with van der Waals surface area (Å²) >= 11 is 5.38. The lowest BCUT2D eigenvalue weighted by Crippen LogP contribution is -2.31. The molecule has 0 aliphatic carbocycles. The number of hydrogen-bond acceptors (Lipinski definition) is 2. The van der Waals surface area contributed by atoms with Crippen molar-refractivity contribution < 1.29 is 9.63 Å². The third kappa shape index (κ3) is 5.66. The van der Waals surface area contributed by atoms with Crippen molar-refractivity contribution in [2.75, 3.05) is 19.5 Å². The van der Waals surface area contributed by atoms with Gasteiger partial charge in [-0.05, 0) is 19.8 Å². The number of alkyl halides is 1. The number of allylic oxidation sites excluding steroid dienone is 2. The topological polar surface area (TPSA) is 29.5 Å². The van der Waals surface area contributed by atoms with Crippen LogP contribution in [-0.2, 0) is 9.63 Å². The predicted octanol–water partition coefficient (Wildman–Crippen LogP) is 1.97. The van der Waals surface area contributed by atoms with E-state index in [9.17, 15) is 4.79 Å². The van der Waals surface area contributed by atoms with Gasteiger partial charge in [-0.25, -0.2) is 5.06 Å². The highest BCUT2D eigenvalue weighted by Crippen LogP contribution is 1.98. The lowest BCUT2D eigenvalue weighted by molar-refractivity contribution is -0.173. The SMILES string of the molecule is C/C=C/CCCN(OC)C(=O)CCl. The summed E-state index contributed by atoms with van der Waals surface area (Å²) in [6, 6.07) is 0. The Morgan fingerprint density at radius 2 is 2.31 bits per heavy atom. The number of nitrogens with zero attached hydrogens (tertiary/aromatic N) is 1. The van der Waals surface area contributed by atoms with Crippen molar-refractivity contribution in [3.63, 3.8) is 0 Å². The molecule has 13 heavy (non-hydrogen) atoms. The number of halogens is 1. The molecule has 76 valence electrons. The first kappa shape index (κ1) is 12.5. The molecule has 4 heteroatoms. The molecule has 0 aliphatic rings. The quantitative estimate of drug-likeness (QED) is 0.287. The van der Waals surface area contributed by atoms with Gasteiger partial charge in [-0.3, -0.25) is 9.63 Å². The van der Waals surface area contributed by atoms with Gasteiger partial charge in [0.15, 0.2) is 0 Å². The summed E-state index contributed by atoms with van der Waals surface area (Å²) in [5.74, 6) is -0.220. The Kier molecular flexibility index (Phi) is 7.74. The summed E-state index contributed by atoms with van der Waals surface area (Å²) in [6.07, 6.45) is 5.88. The maximum atomic E-state index is 11.1. The third-order valence-electron chi connectivity index (χ3n) is 1.58. The van der Waals surface area contributed by atoms with E-state index >= 15 is 0 Å². The smallest absolute Gasteiger partial charge is 0.261 e. The Labute approximate surface area is 84.3 Å². The van der Waals surface area contributed by atoms with E-state index in [1.54, 1.807) is 0 Å². The van der Waals surface area contributed by atoms with Crippen LogP contribution in [-0.4, -0.2) is 30.5 Å². The number of rotatable bonds is 6. The molecule has 0 aromatic rings. The highest BCUT2D eigenvalue weighted by Gasteiger charge is 2.09. The first-order chi connectivity index (χ1) is 6.26. The van der Waals surface area contributed by atoms with Crippen LogP contribution >= 0.6 is 11.6 Å². The number of hydrogen-bond donors (Lipinski definition) is 0. The van der Waals surface area contributed by atoms with Crippen molar-refractivity contribution >= 4 is 17.5 Å². The molecule has 0 N–H and O–H groups in total. The number of hydroxylamine groups is 2. The minimum atomic E-state index is -0.190. The molecule has 0 saturated heterocycles. The van der Waals surface area contributed by atoms with Crippen LogP contribution in [0.25, 0.3) is 0 Å². The van der Waals surface area contributed by atoms with Crippen LogP contribution in [0.3, 0.4) is 0 Å². The highest BCUT2D eigenvalue weighted by molar-refractivity contribution is 6.27. The van der Waals surface area contributed by atoms with E-state index in [2.05, 4.69) is 6.08 Å². The molecule has 0 aliphatic heterocycles. The zero-order valence-electron chi connectivity index (χ0n) is 8.12. The first-order valence-electron chi connectivity index (χ1n) is 4.27. The van der Waals surface area contributed by atoms with Gasteiger partial charge in [0.25, 0.3) is 5.91 Å². The second-order valence-corrected chi connectivity index (χ2v) is 2.79. The van der Waals surface area contributed by atoms with Crippen LogP contribution in [0.5, 0.6) is 0 Å². The summed E-state index contributed by atoms with van der Waals surface area (Å²) in [6.45, 7) is 2.56. The van der Waals surface area contributed by atoms with E-state index < -0.39 is 0 Å². The second kappa shape index (κ2) is 8.08. The summed E-state index contributed by atoms with van der Waals surface area (Å²) in [5.41, 5.74) is 0. The Balaban J connectivity index is 3.65. The largest absolute Gasteiger partial charge is 0.274 e. The lowest BCUT2D eigenvalue weighted by Gasteiger charge is -2.17. The third-order valence-corrected chi connectivity index (χ3v) is 1.81. The van der Waals surface area contributed by atoms with Gasteiger partial charge in [-0.2, -0.15) is 0 Å². The fraction of sp³-hybridized carbons (Fsp3) is 0.667. The van der Waals surface area contributed by atoms with Gasteiger partial charge in [0.05, 0.1) is 7.11 Å². The van der Waals surface area contributed by atoms with Crippen LogP contribution in [0.2, 0.25) is 0 Å². The number of carbonyl (C=O) groups is 1. The van der Waals surface area contributed by atoms with Crippen molar-refractivity contribution in [1.29, 1.82) is 0 Å². The maximum absolute atomic E-state index is 11.1. The van der Waals surface area contributed by atoms with E-state index in [4.69, 9.17) is 16.4 Å². The van der Waals surface area contributed by atoms with Gasteiger partial charge in [0.2, 0.25) is 0 Å². The Morgan fingerprint density at radius 3 is 2.77 bits per heavy atom. The zero-order valence-corrected chi connectivity index (χ0v) is 8.88. The molecule has 0 unspecified atom stereocenters. The van der Waals surface area contributed by atoms with Crippen molar-refractivity contribution in [3.05, 3.63) is 12.2 Å². The molecule has 0 saturated carbocycles. The fourth-order valence-corrected chi connectivity index (χ4v) is 1.04. The predicted molar refractivity (Wildman–Crippen MR) is 53.5 cm³/mol. The van der Waals surface area contributed by atoms with Crippen LogP contribution in [0.4, 0.5) is 0 Å². The molecule has 0 aromatic carbocycles. The summed E-state index contributed by atoms with van der Waals surface area (Å²) < 4.78 is 0. The minimum absolute atomic E-state index is 0.0303. The number of unbranched alkanes of at least 4 members (excludes halogenated alkanes) is 1. The fourth-order valence-electron chi connectivity index (χ4n) is 0.904. The van der Waals surface area contributed by atoms with Gasteiger partial charge in [-0.15, -0.1) is 11.6 Å². The number of carbonyl (C=O) groups excluding carboxylic acids is 1. The van der Waals surface area contributed by atoms with E-state index in [1.165, 1.54) is 12.2 Å². The summed E-state index contributed by atoms with van der Waals surface area (Å²) in [4.78, 5) is 15.9. The molecule has 1 amide bonds. The molecule has 0 rings (SSSR count). The molecular formula is C9H16ClNO2. The van der Waals surface area contributed by atoms with Gasteiger partial charge >= 0.3 is 0 Å². The minimum Gasteiger partial charge on any atom is -0.274 e. The molecule has 0 heterocycles. The Hall–Kier alpha value is -0.540. The maximum Gasteiger partial charge on any atom is 0.261 e. The van der Waals surface area contributed by atoms with Crippen molar-refractivity contribution in [2.45, 2.75) is 19.8 Å². The monoisotopic (exact) mass is 205 g/mol. The summed E-state index contributed by atoms with van der Waals surface area (Å²) in [5, 5.41) is 1.29. The molecule has 3 nitrogen and oxygen atoms in total. The average Bonchev–Trinajstić information content (AvgIpc) is 2.17. The van der Waals surface area contributed by atoms with Crippen LogP contribution in [0.15, 0.2) is 12.2 Å². The Morgan fingerprint density at radius 1 is 1.62 bits per heavy atom. The second-order valence-electron chi connectivity index (χ2n) is 2.52. The van der Waals surface area contributed by atoms with E-state index in [0.29, 0.717) is 6.54 Å². The van der Waals surface area contributed by atoms with E-state index in [1.807, 2.05) is 13.0 Å². The van der Waals surface area contributed by atoms with Gasteiger partial charge in [0.1, 0.15) is 5.88 Å². The average molecular weight is 206 g/mol. The van der Waals surface area contributed by atoms with Gasteiger partial charge in [-0.1, -0.05) is 12.2 Å². The number of amides is 1. The molecule has 0 spiro atoms. The standard InChI is InChI=1S/C9H16ClNO2/c1-3-4-5-6-7-11(13-2)9(12)8-10/h3-4H,5-8H2,1-2H3/b4-3+. The highest BCUT2D eigenvalue weighted by atomic mass is 35.5. The zero-order chi connectivity index (χ0) is 10.1. The van der Waals surface area contributed by atoms with Gasteiger partial charge < -0.3 is 0 Å². The molecule has 0 aromatic heterocycles. The van der Waals surface area contributed by atoms with Gasteiger partial charge in [0, 0.05) is 6.54 Å². The molecule has 0 fully saturated rings. The van der Waals surface area contributed by atoms with E-state index in [-0.39, 0.29) is 11.8 Å². The lowest BCUT2D eigenvalue weighted by atomic mass is 10.3. The van der Waals surface area contributed by atoms with Crippen molar-refractivity contribution in [2.24, 2.45) is 0 Å². The van der Waals surface area contributed by atoms with Crippen molar-refractivity contribution in [3.8, 4) is 0 Å². The van der Waals surface area contributed by atoms with Crippen LogP contribution in [0, 0.1) is 0 Å². The van der Waals surface area contributed by atoms with Crippen molar-refractivity contribution in [1.82, 2.24) is 5.06 Å². The molecule has 0 radical (unpaired) electrons. The van der Waals surface area contributed by atoms with E-state index in [0.717, 1.165) is 12.8 Å².